The Kier molecular flexibility index (Phi) is 7.31. The van der Waals surface area contributed by atoms with E-state index in [0.29, 0.717) is 10.9 Å². The molecule has 0 aliphatic carbocycles. The zero-order valence-corrected chi connectivity index (χ0v) is 18.7. The zero-order valence-electron chi connectivity index (χ0n) is 17.8. The first-order chi connectivity index (χ1) is 14.7. The standard InChI is InChI=1S/C24H32N4OS/c1-27-13-5-8-21(17-27)22-18-30-24(26-22)23(29)25-12-9-19-10-14-28(15-11-19)16-20-6-3-2-4-7-20/h2-4,6-8,18-19H,5,9-17H2,1H3,(H,25,29). The lowest BCUT2D eigenvalue weighted by Gasteiger charge is -2.32. The minimum atomic E-state index is -0.0301. The summed E-state index contributed by atoms with van der Waals surface area (Å²) >= 11 is 1.45. The molecule has 5 nitrogen and oxygen atoms in total. The van der Waals surface area contributed by atoms with Crippen LogP contribution in [0.1, 0.15) is 46.7 Å². The summed E-state index contributed by atoms with van der Waals surface area (Å²) in [5.41, 5.74) is 3.59. The average molecular weight is 425 g/mol. The van der Waals surface area contributed by atoms with Crippen molar-refractivity contribution in [3.8, 4) is 0 Å². The fourth-order valence-electron chi connectivity index (χ4n) is 4.34. The molecule has 30 heavy (non-hydrogen) atoms. The van der Waals surface area contributed by atoms with E-state index in [1.54, 1.807) is 0 Å². The Labute approximate surface area is 183 Å². The first-order valence-corrected chi connectivity index (χ1v) is 11.9. The van der Waals surface area contributed by atoms with Crippen LogP contribution in [0.3, 0.4) is 0 Å². The molecule has 1 saturated heterocycles. The van der Waals surface area contributed by atoms with E-state index in [0.717, 1.165) is 57.8 Å². The molecule has 0 unspecified atom stereocenters. The number of thiazole rings is 1. The summed E-state index contributed by atoms with van der Waals surface area (Å²) in [6.07, 6.45) is 6.78. The van der Waals surface area contributed by atoms with Crippen molar-refractivity contribution in [2.45, 2.75) is 32.2 Å². The molecule has 4 rings (SSSR count). The van der Waals surface area contributed by atoms with Gasteiger partial charge in [-0.3, -0.25) is 9.69 Å². The van der Waals surface area contributed by atoms with Crippen LogP contribution >= 0.6 is 11.3 Å². The van der Waals surface area contributed by atoms with Crippen LogP contribution in [0.2, 0.25) is 0 Å². The predicted molar refractivity (Wildman–Crippen MR) is 124 cm³/mol. The number of nitrogens with zero attached hydrogens (tertiary/aromatic N) is 3. The number of rotatable bonds is 7. The van der Waals surface area contributed by atoms with Crippen LogP contribution in [0, 0.1) is 5.92 Å². The lowest BCUT2D eigenvalue weighted by atomic mass is 9.93. The van der Waals surface area contributed by atoms with Crippen LogP contribution in [0.25, 0.3) is 5.57 Å². The van der Waals surface area contributed by atoms with Crippen LogP contribution < -0.4 is 5.32 Å². The first kappa shape index (κ1) is 21.2. The highest BCUT2D eigenvalue weighted by Gasteiger charge is 2.20. The highest BCUT2D eigenvalue weighted by Crippen LogP contribution is 2.23. The summed E-state index contributed by atoms with van der Waals surface area (Å²) in [6, 6.07) is 10.7. The SMILES string of the molecule is CN1CCC=C(c2csc(C(=O)NCCC3CCN(Cc4ccccc4)CC3)n2)C1. The fourth-order valence-corrected chi connectivity index (χ4v) is 5.10. The number of aromatic nitrogens is 1. The molecule has 0 bridgehead atoms. The van der Waals surface area contributed by atoms with Crippen molar-refractivity contribution < 1.29 is 4.79 Å². The lowest BCUT2D eigenvalue weighted by Crippen LogP contribution is -2.34. The molecule has 1 fully saturated rings. The molecule has 160 valence electrons. The van der Waals surface area contributed by atoms with Gasteiger partial charge in [-0.1, -0.05) is 36.4 Å². The smallest absolute Gasteiger partial charge is 0.280 e. The number of hydrogen-bond donors (Lipinski definition) is 1. The van der Waals surface area contributed by atoms with Crippen molar-refractivity contribution in [3.05, 3.63) is 58.1 Å². The fraction of sp³-hybridized carbons (Fsp3) is 0.500. The predicted octanol–water partition coefficient (Wildman–Crippen LogP) is 3.89. The number of benzene rings is 1. The maximum absolute atomic E-state index is 12.5. The number of hydrogen-bond acceptors (Lipinski definition) is 5. The van der Waals surface area contributed by atoms with E-state index in [9.17, 15) is 4.79 Å². The molecular formula is C24H32N4OS. The quantitative estimate of drug-likeness (QED) is 0.733. The van der Waals surface area contributed by atoms with Gasteiger partial charge in [-0.25, -0.2) is 4.98 Å². The van der Waals surface area contributed by atoms with Gasteiger partial charge in [0.15, 0.2) is 5.01 Å². The normalized spacial score (nSPS) is 18.9. The van der Waals surface area contributed by atoms with E-state index in [1.807, 2.05) is 5.38 Å². The van der Waals surface area contributed by atoms with E-state index >= 15 is 0 Å². The van der Waals surface area contributed by atoms with Crippen LogP contribution in [-0.2, 0) is 6.54 Å². The Balaban J connectivity index is 1.17. The van der Waals surface area contributed by atoms with Crippen LogP contribution in [-0.4, -0.2) is 60.5 Å². The van der Waals surface area contributed by atoms with Crippen molar-refractivity contribution in [2.75, 3.05) is 39.8 Å². The number of carbonyl (C=O) groups is 1. The molecule has 2 aliphatic heterocycles. The van der Waals surface area contributed by atoms with Gasteiger partial charge in [-0.2, -0.15) is 0 Å². The Morgan fingerprint density at radius 3 is 2.77 bits per heavy atom. The number of likely N-dealkylation sites (N-methyl/N-ethyl adjacent to an activating group) is 1. The number of carbonyl (C=O) groups excluding carboxylic acids is 1. The Hall–Kier alpha value is -2.02. The average Bonchev–Trinajstić information content (AvgIpc) is 3.26. The van der Waals surface area contributed by atoms with E-state index < -0.39 is 0 Å². The number of nitrogens with one attached hydrogen (secondary N) is 1. The molecule has 1 amide bonds. The molecular weight excluding hydrogens is 392 g/mol. The summed E-state index contributed by atoms with van der Waals surface area (Å²) in [5.74, 6) is 0.671. The maximum Gasteiger partial charge on any atom is 0.280 e. The van der Waals surface area contributed by atoms with Crippen molar-refractivity contribution in [1.29, 1.82) is 0 Å². The Morgan fingerprint density at radius 1 is 1.20 bits per heavy atom. The van der Waals surface area contributed by atoms with E-state index in [2.05, 4.69) is 63.6 Å². The lowest BCUT2D eigenvalue weighted by molar-refractivity contribution is 0.0947. The zero-order chi connectivity index (χ0) is 20.8. The molecule has 0 atom stereocenters. The highest BCUT2D eigenvalue weighted by atomic mass is 32.1. The molecule has 1 aromatic heterocycles. The van der Waals surface area contributed by atoms with Gasteiger partial charge >= 0.3 is 0 Å². The summed E-state index contributed by atoms with van der Waals surface area (Å²) < 4.78 is 0. The molecule has 2 aromatic rings. The number of likely N-dealkylation sites (tertiary alicyclic amines) is 1. The summed E-state index contributed by atoms with van der Waals surface area (Å²) in [6.45, 7) is 6.07. The molecule has 0 spiro atoms. The second kappa shape index (κ2) is 10.3. The van der Waals surface area contributed by atoms with E-state index in [4.69, 9.17) is 0 Å². The molecule has 6 heteroatoms. The van der Waals surface area contributed by atoms with Gasteiger partial charge in [-0.15, -0.1) is 11.3 Å². The summed E-state index contributed by atoms with van der Waals surface area (Å²) in [7, 11) is 2.12. The van der Waals surface area contributed by atoms with Crippen molar-refractivity contribution in [3.63, 3.8) is 0 Å². The topological polar surface area (TPSA) is 48.5 Å². The van der Waals surface area contributed by atoms with Crippen molar-refractivity contribution >= 4 is 22.8 Å². The monoisotopic (exact) mass is 424 g/mol. The highest BCUT2D eigenvalue weighted by molar-refractivity contribution is 7.11. The first-order valence-electron chi connectivity index (χ1n) is 11.1. The molecule has 3 heterocycles. The second-order valence-electron chi connectivity index (χ2n) is 8.54. The van der Waals surface area contributed by atoms with E-state index in [1.165, 1.54) is 35.3 Å². The van der Waals surface area contributed by atoms with Gasteiger partial charge in [-0.05, 0) is 62.9 Å². The largest absolute Gasteiger partial charge is 0.350 e. The molecule has 1 N–H and O–H groups in total. The van der Waals surface area contributed by atoms with E-state index in [-0.39, 0.29) is 5.91 Å². The van der Waals surface area contributed by atoms with Gasteiger partial charge in [0.2, 0.25) is 0 Å². The third-order valence-electron chi connectivity index (χ3n) is 6.16. The minimum Gasteiger partial charge on any atom is -0.350 e. The van der Waals surface area contributed by atoms with Gasteiger partial charge in [0.25, 0.3) is 5.91 Å². The summed E-state index contributed by atoms with van der Waals surface area (Å²) in [5, 5.41) is 5.68. The van der Waals surface area contributed by atoms with Crippen LogP contribution in [0.15, 0.2) is 41.8 Å². The molecule has 2 aliphatic rings. The number of amides is 1. The Morgan fingerprint density at radius 2 is 2.00 bits per heavy atom. The van der Waals surface area contributed by atoms with Crippen molar-refractivity contribution in [2.24, 2.45) is 5.92 Å². The van der Waals surface area contributed by atoms with Crippen LogP contribution in [0.4, 0.5) is 0 Å². The van der Waals surface area contributed by atoms with Crippen LogP contribution in [0.5, 0.6) is 0 Å². The maximum atomic E-state index is 12.5. The molecule has 1 aromatic carbocycles. The third kappa shape index (κ3) is 5.78. The molecule has 0 radical (unpaired) electrons. The van der Waals surface area contributed by atoms with Gasteiger partial charge in [0.1, 0.15) is 0 Å². The molecule has 0 saturated carbocycles. The number of piperidine rings is 1. The van der Waals surface area contributed by atoms with Gasteiger partial charge < -0.3 is 10.2 Å². The Bertz CT molecular complexity index is 855. The second-order valence-corrected chi connectivity index (χ2v) is 9.40. The van der Waals surface area contributed by atoms with Gasteiger partial charge in [0, 0.05) is 31.6 Å². The minimum absolute atomic E-state index is 0.0301. The van der Waals surface area contributed by atoms with Gasteiger partial charge in [0.05, 0.1) is 5.69 Å². The van der Waals surface area contributed by atoms with Crippen molar-refractivity contribution in [1.82, 2.24) is 20.1 Å². The summed E-state index contributed by atoms with van der Waals surface area (Å²) in [4.78, 5) is 21.9. The third-order valence-corrected chi connectivity index (χ3v) is 7.00.